The Morgan fingerprint density at radius 2 is 1.89 bits per heavy atom. The molecular formula is C18H24N4O4S2. The lowest BCUT2D eigenvalue weighted by atomic mass is 10.0. The van der Waals surface area contributed by atoms with Crippen molar-refractivity contribution in [3.8, 4) is 0 Å². The second kappa shape index (κ2) is 7.90. The van der Waals surface area contributed by atoms with Gasteiger partial charge in [0.15, 0.2) is 15.0 Å². The molecule has 3 aliphatic rings. The Labute approximate surface area is 168 Å². The summed E-state index contributed by atoms with van der Waals surface area (Å²) in [6.07, 6.45) is 7.46. The van der Waals surface area contributed by atoms with Gasteiger partial charge in [-0.2, -0.15) is 5.10 Å². The molecule has 1 aromatic heterocycles. The summed E-state index contributed by atoms with van der Waals surface area (Å²) in [5, 5.41) is 8.84. The third kappa shape index (κ3) is 4.27. The van der Waals surface area contributed by atoms with E-state index in [0.717, 1.165) is 31.4 Å². The van der Waals surface area contributed by atoms with Gasteiger partial charge in [0.25, 0.3) is 5.91 Å². The molecule has 3 heterocycles. The third-order valence-corrected chi connectivity index (χ3v) is 8.27. The molecule has 0 bridgehead atoms. The molecule has 8 nitrogen and oxygen atoms in total. The number of fused-ring (bicyclic) bond motifs is 1. The number of amides is 2. The van der Waals surface area contributed by atoms with E-state index in [1.54, 1.807) is 0 Å². The van der Waals surface area contributed by atoms with Crippen molar-refractivity contribution in [3.63, 3.8) is 0 Å². The molecule has 1 atom stereocenters. The van der Waals surface area contributed by atoms with Crippen molar-refractivity contribution in [1.82, 2.24) is 9.99 Å². The van der Waals surface area contributed by atoms with Gasteiger partial charge in [0.1, 0.15) is 5.71 Å². The summed E-state index contributed by atoms with van der Waals surface area (Å²) in [5.41, 5.74) is 1.34. The predicted molar refractivity (Wildman–Crippen MR) is 107 cm³/mol. The lowest BCUT2D eigenvalue weighted by Gasteiger charge is -2.27. The molecule has 1 fully saturated rings. The van der Waals surface area contributed by atoms with Crippen LogP contribution in [0.1, 0.15) is 55.5 Å². The fraction of sp³-hybridized carbons (Fsp3) is 0.667. The number of carbonyl (C=O) groups is 2. The van der Waals surface area contributed by atoms with E-state index in [4.69, 9.17) is 0 Å². The van der Waals surface area contributed by atoms with Crippen LogP contribution in [0.3, 0.4) is 0 Å². The highest BCUT2D eigenvalue weighted by molar-refractivity contribution is 7.91. The van der Waals surface area contributed by atoms with E-state index in [0.29, 0.717) is 11.6 Å². The highest BCUT2D eigenvalue weighted by atomic mass is 32.2. The zero-order valence-electron chi connectivity index (χ0n) is 15.6. The molecule has 10 heteroatoms. The van der Waals surface area contributed by atoms with E-state index in [9.17, 15) is 18.0 Å². The molecule has 1 N–H and O–H groups in total. The van der Waals surface area contributed by atoms with Crippen LogP contribution in [0.15, 0.2) is 5.10 Å². The van der Waals surface area contributed by atoms with E-state index in [-0.39, 0.29) is 41.9 Å². The number of thiazole rings is 1. The van der Waals surface area contributed by atoms with E-state index >= 15 is 0 Å². The summed E-state index contributed by atoms with van der Waals surface area (Å²) in [4.78, 5) is 30.7. The number of rotatable bonds is 3. The molecule has 28 heavy (non-hydrogen) atoms. The van der Waals surface area contributed by atoms with Crippen LogP contribution in [0.4, 0.5) is 5.13 Å². The van der Waals surface area contributed by atoms with Crippen molar-refractivity contribution in [2.45, 2.75) is 63.8 Å². The molecule has 0 spiro atoms. The molecule has 2 aliphatic heterocycles. The number of aromatic nitrogens is 1. The van der Waals surface area contributed by atoms with Gasteiger partial charge in [0.05, 0.1) is 23.2 Å². The molecule has 0 aromatic carbocycles. The van der Waals surface area contributed by atoms with Crippen molar-refractivity contribution in [2.24, 2.45) is 5.10 Å². The first-order valence-electron chi connectivity index (χ1n) is 9.81. The zero-order chi connectivity index (χ0) is 19.7. The third-order valence-electron chi connectivity index (χ3n) is 5.44. The number of nitrogens with zero attached hydrogens (tertiary/aromatic N) is 3. The Morgan fingerprint density at radius 1 is 1.11 bits per heavy atom. The van der Waals surface area contributed by atoms with Crippen LogP contribution < -0.4 is 5.32 Å². The van der Waals surface area contributed by atoms with Crippen LogP contribution in [-0.4, -0.2) is 53.5 Å². The molecular weight excluding hydrogens is 400 g/mol. The maximum absolute atomic E-state index is 12.7. The fourth-order valence-electron chi connectivity index (χ4n) is 3.92. The smallest absolute Gasteiger partial charge is 0.273 e. The largest absolute Gasteiger partial charge is 0.297 e. The molecule has 2 amide bonds. The first kappa shape index (κ1) is 19.5. The number of anilines is 1. The fourth-order valence-corrected chi connectivity index (χ4v) is 6.65. The van der Waals surface area contributed by atoms with Gasteiger partial charge in [-0.15, -0.1) is 11.3 Å². The van der Waals surface area contributed by atoms with Gasteiger partial charge in [-0.3, -0.25) is 14.9 Å². The van der Waals surface area contributed by atoms with Crippen molar-refractivity contribution in [3.05, 3.63) is 10.6 Å². The van der Waals surface area contributed by atoms with Gasteiger partial charge in [-0.1, -0.05) is 12.8 Å². The summed E-state index contributed by atoms with van der Waals surface area (Å²) >= 11 is 1.52. The number of sulfone groups is 1. The van der Waals surface area contributed by atoms with Gasteiger partial charge >= 0.3 is 0 Å². The van der Waals surface area contributed by atoms with Crippen molar-refractivity contribution >= 4 is 43.8 Å². The van der Waals surface area contributed by atoms with Crippen molar-refractivity contribution in [1.29, 1.82) is 0 Å². The lowest BCUT2D eigenvalue weighted by Crippen LogP contribution is -2.42. The first-order chi connectivity index (χ1) is 13.4. The number of carbonyl (C=O) groups excluding carboxylic acids is 2. The minimum absolute atomic E-state index is 0.0587. The summed E-state index contributed by atoms with van der Waals surface area (Å²) in [6.45, 7) is 0. The average Bonchev–Trinajstić information content (AvgIpc) is 3.17. The molecule has 152 valence electrons. The van der Waals surface area contributed by atoms with E-state index in [1.807, 2.05) is 0 Å². The zero-order valence-corrected chi connectivity index (χ0v) is 17.3. The molecule has 0 saturated carbocycles. The summed E-state index contributed by atoms with van der Waals surface area (Å²) in [5.74, 6) is -0.615. The number of hydrazone groups is 1. The summed E-state index contributed by atoms with van der Waals surface area (Å²) < 4.78 is 23.4. The van der Waals surface area contributed by atoms with Crippen LogP contribution in [0.2, 0.25) is 0 Å². The quantitative estimate of drug-likeness (QED) is 0.797. The van der Waals surface area contributed by atoms with Crippen molar-refractivity contribution < 1.29 is 18.0 Å². The van der Waals surface area contributed by atoms with Crippen LogP contribution in [-0.2, 0) is 32.3 Å². The summed E-state index contributed by atoms with van der Waals surface area (Å²) in [7, 11) is -3.13. The molecule has 1 aliphatic carbocycles. The summed E-state index contributed by atoms with van der Waals surface area (Å²) in [6, 6.07) is -0.472. The SMILES string of the molecule is O=C(Nc1nc2c(s1)CCCCCC2)C1=NN(C2CCS(=O)(=O)C2)C(=O)CC1. The highest BCUT2D eigenvalue weighted by Crippen LogP contribution is 2.29. The Morgan fingerprint density at radius 3 is 2.64 bits per heavy atom. The number of hydrogen-bond donors (Lipinski definition) is 1. The maximum Gasteiger partial charge on any atom is 0.273 e. The normalized spacial score (nSPS) is 24.9. The lowest BCUT2D eigenvalue weighted by molar-refractivity contribution is -0.133. The number of nitrogens with one attached hydrogen (secondary N) is 1. The topological polar surface area (TPSA) is 109 Å². The Bertz CT molecular complexity index is 897. The first-order valence-corrected chi connectivity index (χ1v) is 12.4. The molecule has 1 saturated heterocycles. The molecule has 1 aromatic rings. The minimum Gasteiger partial charge on any atom is -0.297 e. The second-order valence-electron chi connectivity index (χ2n) is 7.60. The Hall–Kier alpha value is -1.81. The molecule has 1 unspecified atom stereocenters. The van der Waals surface area contributed by atoms with Crippen molar-refractivity contribution in [2.75, 3.05) is 16.8 Å². The van der Waals surface area contributed by atoms with E-state index in [2.05, 4.69) is 15.4 Å². The molecule has 0 radical (unpaired) electrons. The van der Waals surface area contributed by atoms with Crippen LogP contribution >= 0.6 is 11.3 Å². The van der Waals surface area contributed by atoms with Gasteiger partial charge in [0, 0.05) is 17.7 Å². The van der Waals surface area contributed by atoms with Gasteiger partial charge in [-0.25, -0.2) is 18.4 Å². The van der Waals surface area contributed by atoms with E-state index in [1.165, 1.54) is 34.1 Å². The maximum atomic E-state index is 12.7. The van der Waals surface area contributed by atoms with E-state index < -0.39 is 15.9 Å². The van der Waals surface area contributed by atoms with Gasteiger partial charge in [-0.05, 0) is 32.1 Å². The second-order valence-corrected chi connectivity index (χ2v) is 10.9. The minimum atomic E-state index is -3.13. The monoisotopic (exact) mass is 424 g/mol. The molecule has 4 rings (SSSR count). The number of aryl methyl sites for hydroxylation is 2. The Kier molecular flexibility index (Phi) is 5.50. The number of hydrogen-bond acceptors (Lipinski definition) is 7. The van der Waals surface area contributed by atoms with Crippen LogP contribution in [0, 0.1) is 0 Å². The standard InChI is InChI=1S/C18H24N4O4S2/c23-16-8-7-14(21-22(16)12-9-10-28(25,26)11-12)17(24)20-18-19-13-5-3-1-2-4-6-15(13)27-18/h12H,1-11H2,(H,19,20,24). The Balaban J connectivity index is 1.47. The highest BCUT2D eigenvalue weighted by Gasteiger charge is 2.37. The van der Waals surface area contributed by atoms with Gasteiger partial charge < -0.3 is 0 Å². The van der Waals surface area contributed by atoms with Crippen LogP contribution in [0.5, 0.6) is 0 Å². The predicted octanol–water partition coefficient (Wildman–Crippen LogP) is 1.91. The van der Waals surface area contributed by atoms with Crippen LogP contribution in [0.25, 0.3) is 0 Å². The van der Waals surface area contributed by atoms with Gasteiger partial charge in [0.2, 0.25) is 5.91 Å². The average molecular weight is 425 g/mol.